The predicted molar refractivity (Wildman–Crippen MR) is 147 cm³/mol. The summed E-state index contributed by atoms with van der Waals surface area (Å²) >= 11 is 12.6. The fourth-order valence-electron chi connectivity index (χ4n) is 3.90. The van der Waals surface area contributed by atoms with Crippen molar-refractivity contribution in [1.82, 2.24) is 10.2 Å². The highest BCUT2D eigenvalue weighted by atomic mass is 35.5. The number of rotatable bonds is 10. The lowest BCUT2D eigenvalue weighted by atomic mass is 10.1. The molecule has 1 N–H and O–H groups in total. The minimum absolute atomic E-state index is 0.0165. The molecule has 0 spiro atoms. The van der Waals surface area contributed by atoms with Crippen LogP contribution in [0.15, 0.2) is 71.6 Å². The third kappa shape index (κ3) is 6.83. The molecule has 3 aromatic rings. The molecule has 38 heavy (non-hydrogen) atoms. The Morgan fingerprint density at radius 3 is 2.21 bits per heavy atom. The SMILES string of the molecule is CC[C@@H](C(=O)NC)N(Cc1ccc(F)cc1)C(=O)CN(c1cc(Cl)ccc1Cl)S(=O)(=O)c1ccc(C)cc1. The summed E-state index contributed by atoms with van der Waals surface area (Å²) in [5, 5.41) is 2.84. The first kappa shape index (κ1) is 29.4. The van der Waals surface area contributed by atoms with Crippen LogP contribution in [0.5, 0.6) is 0 Å². The second kappa shape index (κ2) is 12.6. The van der Waals surface area contributed by atoms with Crippen LogP contribution in [0.25, 0.3) is 0 Å². The quantitative estimate of drug-likeness (QED) is 0.358. The minimum atomic E-state index is -4.28. The van der Waals surface area contributed by atoms with Gasteiger partial charge in [-0.1, -0.05) is 60.0 Å². The molecule has 11 heteroatoms. The third-order valence-electron chi connectivity index (χ3n) is 5.96. The summed E-state index contributed by atoms with van der Waals surface area (Å²) < 4.78 is 42.0. The number of benzene rings is 3. The molecule has 0 radical (unpaired) electrons. The van der Waals surface area contributed by atoms with Gasteiger partial charge in [-0.25, -0.2) is 12.8 Å². The summed E-state index contributed by atoms with van der Waals surface area (Å²) in [7, 11) is -2.83. The average Bonchev–Trinajstić information content (AvgIpc) is 2.89. The van der Waals surface area contributed by atoms with Gasteiger partial charge in [-0.15, -0.1) is 0 Å². The van der Waals surface area contributed by atoms with E-state index in [9.17, 15) is 22.4 Å². The lowest BCUT2D eigenvalue weighted by molar-refractivity contribution is -0.140. The first-order chi connectivity index (χ1) is 18.0. The number of nitrogens with zero attached hydrogens (tertiary/aromatic N) is 2. The van der Waals surface area contributed by atoms with Crippen LogP contribution in [-0.4, -0.2) is 44.8 Å². The van der Waals surface area contributed by atoms with Gasteiger partial charge in [0.2, 0.25) is 11.8 Å². The maximum atomic E-state index is 13.8. The Bertz CT molecular complexity index is 1400. The minimum Gasteiger partial charge on any atom is -0.357 e. The van der Waals surface area contributed by atoms with E-state index in [0.717, 1.165) is 9.87 Å². The van der Waals surface area contributed by atoms with Gasteiger partial charge in [-0.2, -0.15) is 0 Å². The van der Waals surface area contributed by atoms with E-state index >= 15 is 0 Å². The van der Waals surface area contributed by atoms with Crippen LogP contribution in [0.3, 0.4) is 0 Å². The number of likely N-dealkylation sites (N-methyl/N-ethyl adjacent to an activating group) is 1. The number of amides is 2. The normalized spacial score (nSPS) is 12.1. The van der Waals surface area contributed by atoms with E-state index in [1.807, 2.05) is 6.92 Å². The van der Waals surface area contributed by atoms with Gasteiger partial charge in [0.15, 0.2) is 0 Å². The molecule has 202 valence electrons. The Balaban J connectivity index is 2.10. The Labute approximate surface area is 232 Å². The predicted octanol–water partition coefficient (Wildman–Crippen LogP) is 5.19. The summed E-state index contributed by atoms with van der Waals surface area (Å²) in [5.41, 5.74) is 1.44. The summed E-state index contributed by atoms with van der Waals surface area (Å²) in [6.45, 7) is 2.85. The topological polar surface area (TPSA) is 86.8 Å². The average molecular weight is 581 g/mol. The van der Waals surface area contributed by atoms with Crippen molar-refractivity contribution in [2.24, 2.45) is 0 Å². The zero-order chi connectivity index (χ0) is 28.0. The summed E-state index contributed by atoms with van der Waals surface area (Å²) in [6.07, 6.45) is 0.259. The van der Waals surface area contributed by atoms with Gasteiger partial charge in [0.1, 0.15) is 18.4 Å². The fraction of sp³-hybridized carbons (Fsp3) is 0.259. The van der Waals surface area contributed by atoms with Gasteiger partial charge in [0.05, 0.1) is 15.6 Å². The molecule has 0 bridgehead atoms. The van der Waals surface area contributed by atoms with E-state index in [-0.39, 0.29) is 33.6 Å². The second-order valence-corrected chi connectivity index (χ2v) is 11.3. The van der Waals surface area contributed by atoms with Gasteiger partial charge < -0.3 is 10.2 Å². The second-order valence-electron chi connectivity index (χ2n) is 8.61. The van der Waals surface area contributed by atoms with E-state index in [0.29, 0.717) is 5.56 Å². The molecule has 0 saturated heterocycles. The van der Waals surface area contributed by atoms with Gasteiger partial charge >= 0.3 is 0 Å². The van der Waals surface area contributed by atoms with E-state index in [4.69, 9.17) is 23.2 Å². The van der Waals surface area contributed by atoms with E-state index in [2.05, 4.69) is 5.32 Å². The van der Waals surface area contributed by atoms with Crippen molar-refractivity contribution in [3.63, 3.8) is 0 Å². The molecular weight excluding hydrogens is 552 g/mol. The Morgan fingerprint density at radius 2 is 1.63 bits per heavy atom. The van der Waals surface area contributed by atoms with Crippen molar-refractivity contribution < 1.29 is 22.4 Å². The lowest BCUT2D eigenvalue weighted by Crippen LogP contribution is -2.51. The van der Waals surface area contributed by atoms with Crippen LogP contribution < -0.4 is 9.62 Å². The maximum Gasteiger partial charge on any atom is 0.264 e. The molecular formula is C27H28Cl2FN3O4S. The van der Waals surface area contributed by atoms with Crippen LogP contribution >= 0.6 is 23.2 Å². The highest BCUT2D eigenvalue weighted by Gasteiger charge is 2.34. The van der Waals surface area contributed by atoms with Crippen molar-refractivity contribution in [3.05, 3.63) is 93.7 Å². The molecule has 3 aromatic carbocycles. The van der Waals surface area contributed by atoms with Gasteiger partial charge in [-0.05, 0) is 61.4 Å². The summed E-state index contributed by atoms with van der Waals surface area (Å²) in [5.74, 6) is -1.52. The number of halogens is 3. The van der Waals surface area contributed by atoms with Crippen LogP contribution in [0.1, 0.15) is 24.5 Å². The molecule has 0 aliphatic heterocycles. The molecule has 0 aromatic heterocycles. The highest BCUT2D eigenvalue weighted by Crippen LogP contribution is 2.33. The van der Waals surface area contributed by atoms with Crippen LogP contribution in [-0.2, 0) is 26.2 Å². The first-order valence-electron chi connectivity index (χ1n) is 11.8. The van der Waals surface area contributed by atoms with E-state index < -0.39 is 40.2 Å². The molecule has 2 amide bonds. The van der Waals surface area contributed by atoms with Gasteiger partial charge in [-0.3, -0.25) is 13.9 Å². The Morgan fingerprint density at radius 1 is 1.00 bits per heavy atom. The maximum absolute atomic E-state index is 13.8. The van der Waals surface area contributed by atoms with E-state index in [1.165, 1.54) is 66.5 Å². The standard InChI is InChI=1S/C27H28Cl2FN3O4S/c1-4-24(27(35)31-3)32(16-19-7-10-21(30)11-8-19)26(34)17-33(25-15-20(28)9-14-23(25)29)38(36,37)22-12-5-18(2)6-13-22/h5-15,24H,4,16-17H2,1-3H3,(H,31,35)/t24-/m0/s1. The third-order valence-corrected chi connectivity index (χ3v) is 8.29. The van der Waals surface area contributed by atoms with Gasteiger partial charge in [0, 0.05) is 18.6 Å². The van der Waals surface area contributed by atoms with Crippen LogP contribution in [0.2, 0.25) is 10.0 Å². The highest BCUT2D eigenvalue weighted by molar-refractivity contribution is 7.92. The van der Waals surface area contributed by atoms with Crippen LogP contribution in [0.4, 0.5) is 10.1 Å². The molecule has 0 aliphatic carbocycles. The number of hydrogen-bond donors (Lipinski definition) is 1. The molecule has 0 fully saturated rings. The zero-order valence-corrected chi connectivity index (χ0v) is 23.4. The number of anilines is 1. The summed E-state index contributed by atoms with van der Waals surface area (Å²) in [4.78, 5) is 27.8. The van der Waals surface area contributed by atoms with E-state index in [1.54, 1.807) is 19.1 Å². The number of aryl methyl sites for hydroxylation is 1. The number of carbonyl (C=O) groups is 2. The summed E-state index contributed by atoms with van der Waals surface area (Å²) in [6, 6.07) is 15.1. The fourth-order valence-corrected chi connectivity index (χ4v) is 5.76. The number of carbonyl (C=O) groups excluding carboxylic acids is 2. The van der Waals surface area contributed by atoms with Crippen molar-refractivity contribution in [1.29, 1.82) is 0 Å². The molecule has 0 saturated carbocycles. The number of hydrogen-bond acceptors (Lipinski definition) is 4. The lowest BCUT2D eigenvalue weighted by Gasteiger charge is -2.33. The Kier molecular flexibility index (Phi) is 9.76. The zero-order valence-electron chi connectivity index (χ0n) is 21.1. The van der Waals surface area contributed by atoms with Crippen LogP contribution in [0, 0.1) is 12.7 Å². The van der Waals surface area contributed by atoms with Crippen molar-refractivity contribution in [2.45, 2.75) is 37.8 Å². The molecule has 0 aliphatic rings. The number of sulfonamides is 1. The monoisotopic (exact) mass is 579 g/mol. The smallest absolute Gasteiger partial charge is 0.264 e. The Hall–Kier alpha value is -3.14. The molecule has 1 atom stereocenters. The van der Waals surface area contributed by atoms with Crippen molar-refractivity contribution in [2.75, 3.05) is 17.9 Å². The van der Waals surface area contributed by atoms with Crippen molar-refractivity contribution in [3.8, 4) is 0 Å². The molecule has 0 heterocycles. The molecule has 3 rings (SSSR count). The molecule has 7 nitrogen and oxygen atoms in total. The first-order valence-corrected chi connectivity index (χ1v) is 14.0. The largest absolute Gasteiger partial charge is 0.357 e. The number of nitrogens with one attached hydrogen (secondary N) is 1. The molecule has 0 unspecified atom stereocenters. The van der Waals surface area contributed by atoms with Gasteiger partial charge in [0.25, 0.3) is 10.0 Å². The van der Waals surface area contributed by atoms with Crippen molar-refractivity contribution >= 4 is 50.7 Å².